The summed E-state index contributed by atoms with van der Waals surface area (Å²) in [4.78, 5) is 31.6. The van der Waals surface area contributed by atoms with Gasteiger partial charge in [0, 0.05) is 58.6 Å². The van der Waals surface area contributed by atoms with Crippen molar-refractivity contribution in [3.8, 4) is 0 Å². The number of ether oxygens (including phenoxy) is 1. The zero-order valence-electron chi connectivity index (χ0n) is 18.8. The van der Waals surface area contributed by atoms with Crippen LogP contribution in [-0.4, -0.2) is 88.3 Å². The molecule has 2 fully saturated rings. The lowest BCUT2D eigenvalue weighted by atomic mass is 10.1. The molecule has 2 aromatic rings. The van der Waals surface area contributed by atoms with E-state index < -0.39 is 18.0 Å². The first-order valence-electron chi connectivity index (χ1n) is 11.1. The highest BCUT2D eigenvalue weighted by atomic mass is 19.3. The number of furan rings is 1. The second kappa shape index (κ2) is 10.0. The first-order valence-corrected chi connectivity index (χ1v) is 11.1. The molecule has 0 radical (unpaired) electrons. The first-order chi connectivity index (χ1) is 15.9. The van der Waals surface area contributed by atoms with Gasteiger partial charge in [-0.1, -0.05) is 0 Å². The summed E-state index contributed by atoms with van der Waals surface area (Å²) in [6, 6.07) is 3.65. The molecule has 33 heavy (non-hydrogen) atoms. The number of amides is 1. The fraction of sp³-hybridized carbons (Fsp3) is 0.591. The van der Waals surface area contributed by atoms with Gasteiger partial charge in [0.1, 0.15) is 11.5 Å². The summed E-state index contributed by atoms with van der Waals surface area (Å²) in [7, 11) is 1.52. The molecule has 1 amide bonds. The smallest absolute Gasteiger partial charge is 0.311 e. The van der Waals surface area contributed by atoms with Crippen LogP contribution in [0.5, 0.6) is 0 Å². The molecule has 4 heterocycles. The fourth-order valence-corrected chi connectivity index (χ4v) is 4.68. The molecule has 2 saturated heterocycles. The van der Waals surface area contributed by atoms with Gasteiger partial charge in [0.2, 0.25) is 0 Å². The normalized spacial score (nSPS) is 22.3. The molecule has 9 nitrogen and oxygen atoms in total. The minimum Gasteiger partial charge on any atom is -0.468 e. The summed E-state index contributed by atoms with van der Waals surface area (Å²) in [5.74, 6) is -0.220. The van der Waals surface area contributed by atoms with Gasteiger partial charge < -0.3 is 14.1 Å². The number of esters is 1. The number of nitrogens with zero attached hydrogens (tertiary/aromatic N) is 5. The highest BCUT2D eigenvalue weighted by Gasteiger charge is 2.39. The Hall–Kier alpha value is -2.79. The Morgan fingerprint density at radius 3 is 2.76 bits per heavy atom. The molecule has 0 aliphatic carbocycles. The molecule has 2 aliphatic rings. The second-order valence-electron chi connectivity index (χ2n) is 8.52. The largest absolute Gasteiger partial charge is 0.468 e. The number of alkyl halides is 2. The minimum absolute atomic E-state index is 0.0521. The van der Waals surface area contributed by atoms with Gasteiger partial charge in [-0.2, -0.15) is 5.10 Å². The highest BCUT2D eigenvalue weighted by molar-refractivity contribution is 5.95. The van der Waals surface area contributed by atoms with Crippen molar-refractivity contribution in [2.75, 3.05) is 45.9 Å². The van der Waals surface area contributed by atoms with Crippen LogP contribution in [-0.2, 0) is 23.1 Å². The maximum atomic E-state index is 13.4. The van der Waals surface area contributed by atoms with Gasteiger partial charge in [-0.05, 0) is 19.1 Å². The van der Waals surface area contributed by atoms with E-state index in [2.05, 4.69) is 14.9 Å². The summed E-state index contributed by atoms with van der Waals surface area (Å²) in [6.07, 6.45) is 0.139. The van der Waals surface area contributed by atoms with Crippen LogP contribution in [0.1, 0.15) is 35.2 Å². The molecule has 0 aromatic carbocycles. The minimum atomic E-state index is -2.82. The van der Waals surface area contributed by atoms with E-state index in [0.717, 1.165) is 5.76 Å². The summed E-state index contributed by atoms with van der Waals surface area (Å²) in [6.45, 7) is 5.58. The van der Waals surface area contributed by atoms with Gasteiger partial charge in [0.25, 0.3) is 12.3 Å². The number of rotatable bonds is 6. The van der Waals surface area contributed by atoms with Crippen LogP contribution in [0.15, 0.2) is 29.0 Å². The molecule has 0 spiro atoms. The number of carbonyl (C=O) groups excluding carboxylic acids is 2. The predicted molar refractivity (Wildman–Crippen MR) is 114 cm³/mol. The standard InChI is InChI=1S/C22H29F2N5O4/c1-3-32-22(31)15-9-27(13-17-5-4-8-33-17)11-16-12-29(7-6-28(16)10-15)21(30)18-14-26(2)25-19(18)20(23)24/h4-5,8,14-16,20H,3,6-7,9-13H2,1-2H3/t15-,16-/m1/s1. The summed E-state index contributed by atoms with van der Waals surface area (Å²) < 4.78 is 38.8. The van der Waals surface area contributed by atoms with Gasteiger partial charge in [0.05, 0.1) is 30.9 Å². The number of aryl methyl sites for hydroxylation is 1. The Kier molecular flexibility index (Phi) is 7.08. The first kappa shape index (κ1) is 23.4. The van der Waals surface area contributed by atoms with Crippen LogP contribution in [0.25, 0.3) is 0 Å². The van der Waals surface area contributed by atoms with Crippen LogP contribution in [0.2, 0.25) is 0 Å². The van der Waals surface area contributed by atoms with E-state index in [0.29, 0.717) is 52.4 Å². The average Bonchev–Trinajstić information content (AvgIpc) is 3.39. The molecule has 0 saturated carbocycles. The predicted octanol–water partition coefficient (Wildman–Crippen LogP) is 1.77. The number of hydrogen-bond acceptors (Lipinski definition) is 7. The Bertz CT molecular complexity index is 964. The van der Waals surface area contributed by atoms with Crippen LogP contribution < -0.4 is 0 Å². The number of hydrogen-bond donors (Lipinski definition) is 0. The van der Waals surface area contributed by atoms with Gasteiger partial charge in [0.15, 0.2) is 0 Å². The molecule has 2 atom stereocenters. The fourth-order valence-electron chi connectivity index (χ4n) is 4.68. The van der Waals surface area contributed by atoms with E-state index in [-0.39, 0.29) is 23.5 Å². The Balaban J connectivity index is 1.52. The molecular formula is C22H29F2N5O4. The molecule has 11 heteroatoms. The molecule has 2 aromatic heterocycles. The van der Waals surface area contributed by atoms with E-state index in [1.54, 1.807) is 18.1 Å². The van der Waals surface area contributed by atoms with Crippen molar-refractivity contribution < 1.29 is 27.5 Å². The highest BCUT2D eigenvalue weighted by Crippen LogP contribution is 2.25. The lowest BCUT2D eigenvalue weighted by Gasteiger charge is -2.41. The van der Waals surface area contributed by atoms with E-state index in [4.69, 9.17) is 9.15 Å². The quantitative estimate of drug-likeness (QED) is 0.602. The molecule has 180 valence electrons. The number of fused-ring (bicyclic) bond motifs is 1. The topological polar surface area (TPSA) is 84.0 Å². The number of piperazine rings is 1. The van der Waals surface area contributed by atoms with Gasteiger partial charge in [-0.15, -0.1) is 0 Å². The molecule has 2 aliphatic heterocycles. The van der Waals surface area contributed by atoms with Gasteiger partial charge in [-0.25, -0.2) is 8.78 Å². The van der Waals surface area contributed by atoms with E-state index >= 15 is 0 Å². The van der Waals surface area contributed by atoms with E-state index in [1.165, 1.54) is 17.9 Å². The summed E-state index contributed by atoms with van der Waals surface area (Å²) >= 11 is 0. The summed E-state index contributed by atoms with van der Waals surface area (Å²) in [5, 5.41) is 3.76. The van der Waals surface area contributed by atoms with Crippen molar-refractivity contribution >= 4 is 11.9 Å². The number of aromatic nitrogens is 2. The van der Waals surface area contributed by atoms with E-state index in [1.807, 2.05) is 12.1 Å². The van der Waals surface area contributed by atoms with Crippen molar-refractivity contribution in [1.82, 2.24) is 24.5 Å². The third-order valence-electron chi connectivity index (χ3n) is 6.17. The zero-order chi connectivity index (χ0) is 23.5. The molecule has 4 rings (SSSR count). The number of carbonyl (C=O) groups is 2. The van der Waals surface area contributed by atoms with Crippen molar-refractivity contribution in [2.45, 2.75) is 25.9 Å². The molecular weight excluding hydrogens is 436 g/mol. The third kappa shape index (κ3) is 5.25. The van der Waals surface area contributed by atoms with Gasteiger partial charge >= 0.3 is 5.97 Å². The van der Waals surface area contributed by atoms with Gasteiger partial charge in [-0.3, -0.25) is 24.1 Å². The van der Waals surface area contributed by atoms with Crippen molar-refractivity contribution in [3.05, 3.63) is 41.6 Å². The lowest BCUT2D eigenvalue weighted by Crippen LogP contribution is -2.57. The second-order valence-corrected chi connectivity index (χ2v) is 8.52. The zero-order valence-corrected chi connectivity index (χ0v) is 18.8. The van der Waals surface area contributed by atoms with Crippen LogP contribution in [0, 0.1) is 5.92 Å². The lowest BCUT2D eigenvalue weighted by molar-refractivity contribution is -0.149. The third-order valence-corrected chi connectivity index (χ3v) is 6.17. The SMILES string of the molecule is CCOC(=O)[C@@H]1CN(Cc2ccco2)C[C@@H]2CN(C(=O)c3cn(C)nc3C(F)F)CCN2C1. The number of halogens is 2. The Morgan fingerprint density at radius 2 is 2.06 bits per heavy atom. The van der Waals surface area contributed by atoms with E-state index in [9.17, 15) is 18.4 Å². The molecule has 0 unspecified atom stereocenters. The molecule has 0 N–H and O–H groups in total. The van der Waals surface area contributed by atoms with Crippen molar-refractivity contribution in [3.63, 3.8) is 0 Å². The average molecular weight is 466 g/mol. The Labute approximate surface area is 190 Å². The monoisotopic (exact) mass is 465 g/mol. The van der Waals surface area contributed by atoms with Crippen molar-refractivity contribution in [2.24, 2.45) is 13.0 Å². The van der Waals surface area contributed by atoms with Crippen LogP contribution >= 0.6 is 0 Å². The van der Waals surface area contributed by atoms with Crippen LogP contribution in [0.3, 0.4) is 0 Å². The van der Waals surface area contributed by atoms with Crippen molar-refractivity contribution in [1.29, 1.82) is 0 Å². The maximum Gasteiger partial charge on any atom is 0.311 e. The Morgan fingerprint density at radius 1 is 1.24 bits per heavy atom. The van der Waals surface area contributed by atoms with Crippen LogP contribution in [0.4, 0.5) is 8.78 Å². The maximum absolute atomic E-state index is 13.4. The summed E-state index contributed by atoms with van der Waals surface area (Å²) in [5.41, 5.74) is -0.556. The molecule has 0 bridgehead atoms.